The van der Waals surface area contributed by atoms with Crippen molar-refractivity contribution < 1.29 is 4.74 Å². The molecule has 0 radical (unpaired) electrons. The molecule has 0 spiro atoms. The van der Waals surface area contributed by atoms with E-state index in [-0.39, 0.29) is 0 Å². The Morgan fingerprint density at radius 2 is 2.10 bits per heavy atom. The summed E-state index contributed by atoms with van der Waals surface area (Å²) in [5, 5.41) is 7.74. The van der Waals surface area contributed by atoms with E-state index in [0.717, 1.165) is 36.1 Å². The highest BCUT2D eigenvalue weighted by Gasteiger charge is 2.09. The van der Waals surface area contributed by atoms with Crippen molar-refractivity contribution >= 4 is 0 Å². The van der Waals surface area contributed by atoms with Gasteiger partial charge in [0.15, 0.2) is 0 Å². The summed E-state index contributed by atoms with van der Waals surface area (Å²) in [5.41, 5.74) is 2.37. The first-order valence-corrected chi connectivity index (χ1v) is 6.88. The fourth-order valence-electron chi connectivity index (χ4n) is 2.21. The average molecular weight is 274 g/mol. The van der Waals surface area contributed by atoms with Crippen LogP contribution in [-0.4, -0.2) is 28.4 Å². The lowest BCUT2D eigenvalue weighted by atomic mass is 10.1. The van der Waals surface area contributed by atoms with E-state index in [2.05, 4.69) is 34.5 Å². The fourth-order valence-corrected chi connectivity index (χ4v) is 2.21. The summed E-state index contributed by atoms with van der Waals surface area (Å²) in [5.74, 6) is 2.60. The van der Waals surface area contributed by atoms with Crippen LogP contribution in [0.2, 0.25) is 0 Å². The van der Waals surface area contributed by atoms with Gasteiger partial charge < -0.3 is 10.1 Å². The number of nitrogens with one attached hydrogen (secondary N) is 1. The molecule has 20 heavy (non-hydrogen) atoms. The minimum atomic E-state index is 0.676. The molecular weight excluding hydrogens is 252 g/mol. The second-order valence-electron chi connectivity index (χ2n) is 4.79. The van der Waals surface area contributed by atoms with Crippen LogP contribution in [0.4, 0.5) is 0 Å². The molecule has 5 heteroatoms. The standard InChI is InChI=1S/C15H22N4O/c1-5-16-9-13-6-7-15(20-4)14(8-13)10-19-12(3)17-11(2)18-19/h6-8,16H,5,9-10H2,1-4H3. The molecule has 2 rings (SSSR count). The van der Waals surface area contributed by atoms with E-state index < -0.39 is 0 Å². The molecule has 0 bridgehead atoms. The molecule has 2 aromatic rings. The monoisotopic (exact) mass is 274 g/mol. The Balaban J connectivity index is 2.26. The Morgan fingerprint density at radius 3 is 2.70 bits per heavy atom. The quantitative estimate of drug-likeness (QED) is 0.876. The molecule has 0 atom stereocenters. The van der Waals surface area contributed by atoms with Gasteiger partial charge in [-0.15, -0.1) is 0 Å². The summed E-state index contributed by atoms with van der Waals surface area (Å²) in [6, 6.07) is 6.27. The second-order valence-corrected chi connectivity index (χ2v) is 4.79. The first-order chi connectivity index (χ1) is 9.63. The minimum Gasteiger partial charge on any atom is -0.496 e. The van der Waals surface area contributed by atoms with Crippen molar-refractivity contribution in [2.75, 3.05) is 13.7 Å². The molecule has 0 saturated carbocycles. The van der Waals surface area contributed by atoms with Gasteiger partial charge in [0.25, 0.3) is 0 Å². The number of rotatable bonds is 6. The van der Waals surface area contributed by atoms with Gasteiger partial charge in [-0.2, -0.15) is 5.10 Å². The van der Waals surface area contributed by atoms with Crippen molar-refractivity contribution in [2.24, 2.45) is 0 Å². The molecule has 108 valence electrons. The minimum absolute atomic E-state index is 0.676. The molecule has 1 heterocycles. The Bertz CT molecular complexity index is 577. The highest BCUT2D eigenvalue weighted by atomic mass is 16.5. The van der Waals surface area contributed by atoms with E-state index in [1.165, 1.54) is 5.56 Å². The molecule has 1 N–H and O–H groups in total. The Morgan fingerprint density at radius 1 is 1.30 bits per heavy atom. The molecule has 1 aromatic heterocycles. The van der Waals surface area contributed by atoms with E-state index in [1.807, 2.05) is 24.6 Å². The van der Waals surface area contributed by atoms with Crippen molar-refractivity contribution in [1.29, 1.82) is 0 Å². The summed E-state index contributed by atoms with van der Waals surface area (Å²) in [7, 11) is 1.70. The van der Waals surface area contributed by atoms with Gasteiger partial charge in [-0.3, -0.25) is 0 Å². The first-order valence-electron chi connectivity index (χ1n) is 6.88. The smallest absolute Gasteiger partial charge is 0.147 e. The number of methoxy groups -OCH3 is 1. The van der Waals surface area contributed by atoms with Crippen molar-refractivity contribution in [3.05, 3.63) is 41.0 Å². The second kappa shape index (κ2) is 6.52. The van der Waals surface area contributed by atoms with E-state index in [9.17, 15) is 0 Å². The number of benzene rings is 1. The maximum atomic E-state index is 5.44. The highest BCUT2D eigenvalue weighted by molar-refractivity contribution is 5.37. The number of nitrogens with zero attached hydrogens (tertiary/aromatic N) is 3. The molecule has 1 aromatic carbocycles. The average Bonchev–Trinajstić information content (AvgIpc) is 2.75. The Hall–Kier alpha value is -1.88. The third-order valence-electron chi connectivity index (χ3n) is 3.21. The normalized spacial score (nSPS) is 10.8. The summed E-state index contributed by atoms with van der Waals surface area (Å²) < 4.78 is 7.35. The zero-order valence-electron chi connectivity index (χ0n) is 12.6. The van der Waals surface area contributed by atoms with Gasteiger partial charge in [0.2, 0.25) is 0 Å². The van der Waals surface area contributed by atoms with Crippen molar-refractivity contribution in [1.82, 2.24) is 20.1 Å². The van der Waals surface area contributed by atoms with Crippen LogP contribution in [0.3, 0.4) is 0 Å². The van der Waals surface area contributed by atoms with E-state index in [4.69, 9.17) is 4.74 Å². The van der Waals surface area contributed by atoms with Crippen LogP contribution < -0.4 is 10.1 Å². The molecule has 0 saturated heterocycles. The van der Waals surface area contributed by atoms with E-state index in [1.54, 1.807) is 7.11 Å². The van der Waals surface area contributed by atoms with E-state index >= 15 is 0 Å². The number of aromatic nitrogens is 3. The van der Waals surface area contributed by atoms with Gasteiger partial charge in [0, 0.05) is 12.1 Å². The van der Waals surface area contributed by atoms with Crippen molar-refractivity contribution in [3.8, 4) is 5.75 Å². The number of ether oxygens (including phenoxy) is 1. The molecule has 0 unspecified atom stereocenters. The maximum absolute atomic E-state index is 5.44. The largest absolute Gasteiger partial charge is 0.496 e. The first kappa shape index (κ1) is 14.5. The Labute approximate surface area is 120 Å². The van der Waals surface area contributed by atoms with Gasteiger partial charge in [-0.25, -0.2) is 9.67 Å². The fraction of sp³-hybridized carbons (Fsp3) is 0.467. The summed E-state index contributed by atoms with van der Waals surface area (Å²) in [4.78, 5) is 4.33. The predicted molar refractivity (Wildman–Crippen MR) is 79.0 cm³/mol. The lowest BCUT2D eigenvalue weighted by Gasteiger charge is -2.12. The summed E-state index contributed by atoms with van der Waals surface area (Å²) in [6.45, 7) is 8.48. The highest BCUT2D eigenvalue weighted by Crippen LogP contribution is 2.21. The molecule has 0 aliphatic rings. The summed E-state index contributed by atoms with van der Waals surface area (Å²) in [6.07, 6.45) is 0. The predicted octanol–water partition coefficient (Wildman–Crippen LogP) is 2.06. The molecule has 0 aliphatic carbocycles. The zero-order valence-corrected chi connectivity index (χ0v) is 12.6. The van der Waals surface area contributed by atoms with Crippen molar-refractivity contribution in [2.45, 2.75) is 33.9 Å². The van der Waals surface area contributed by atoms with Crippen LogP contribution in [0.1, 0.15) is 29.7 Å². The number of aryl methyl sites for hydroxylation is 2. The molecule has 0 fully saturated rings. The van der Waals surface area contributed by atoms with Crippen LogP contribution in [-0.2, 0) is 13.1 Å². The van der Waals surface area contributed by atoms with Gasteiger partial charge in [0.05, 0.1) is 13.7 Å². The maximum Gasteiger partial charge on any atom is 0.147 e. The molecule has 0 amide bonds. The van der Waals surface area contributed by atoms with Crippen LogP contribution in [0.5, 0.6) is 5.75 Å². The lowest BCUT2D eigenvalue weighted by Crippen LogP contribution is -2.12. The van der Waals surface area contributed by atoms with E-state index in [0.29, 0.717) is 6.54 Å². The molecule has 0 aliphatic heterocycles. The molecule has 5 nitrogen and oxygen atoms in total. The van der Waals surface area contributed by atoms with Gasteiger partial charge >= 0.3 is 0 Å². The van der Waals surface area contributed by atoms with Gasteiger partial charge in [0.1, 0.15) is 17.4 Å². The third-order valence-corrected chi connectivity index (χ3v) is 3.21. The summed E-state index contributed by atoms with van der Waals surface area (Å²) >= 11 is 0. The van der Waals surface area contributed by atoms with Gasteiger partial charge in [-0.1, -0.05) is 13.0 Å². The van der Waals surface area contributed by atoms with Crippen LogP contribution >= 0.6 is 0 Å². The van der Waals surface area contributed by atoms with Gasteiger partial charge in [-0.05, 0) is 38.1 Å². The van der Waals surface area contributed by atoms with Crippen molar-refractivity contribution in [3.63, 3.8) is 0 Å². The topological polar surface area (TPSA) is 52.0 Å². The lowest BCUT2D eigenvalue weighted by molar-refractivity contribution is 0.406. The SMILES string of the molecule is CCNCc1ccc(OC)c(Cn2nc(C)nc2C)c1. The number of hydrogen-bond acceptors (Lipinski definition) is 4. The Kier molecular flexibility index (Phi) is 4.74. The zero-order chi connectivity index (χ0) is 14.5. The van der Waals surface area contributed by atoms with Crippen LogP contribution in [0.25, 0.3) is 0 Å². The molecular formula is C15H22N4O. The van der Waals surface area contributed by atoms with Crippen LogP contribution in [0.15, 0.2) is 18.2 Å². The third kappa shape index (κ3) is 3.36. The number of hydrogen-bond donors (Lipinski definition) is 1. The van der Waals surface area contributed by atoms with Crippen LogP contribution in [0, 0.1) is 13.8 Å².